The summed E-state index contributed by atoms with van der Waals surface area (Å²) in [6, 6.07) is 8.59. The quantitative estimate of drug-likeness (QED) is 0.476. The van der Waals surface area contributed by atoms with Crippen molar-refractivity contribution in [2.75, 3.05) is 37.6 Å². The fourth-order valence-electron chi connectivity index (χ4n) is 2.79. The van der Waals surface area contributed by atoms with Gasteiger partial charge in [-0.3, -0.25) is 4.79 Å². The summed E-state index contributed by atoms with van der Waals surface area (Å²) in [6.07, 6.45) is 1.97. The highest BCUT2D eigenvalue weighted by Gasteiger charge is 2.24. The molecule has 138 valence electrons. The van der Waals surface area contributed by atoms with Crippen LogP contribution in [-0.2, 0) is 4.79 Å². The molecule has 2 rings (SSSR count). The van der Waals surface area contributed by atoms with Crippen molar-refractivity contribution in [1.82, 2.24) is 16.0 Å². The highest BCUT2D eigenvalue weighted by Crippen LogP contribution is 2.28. The van der Waals surface area contributed by atoms with Gasteiger partial charge in [0, 0.05) is 36.7 Å². The number of rotatable bonds is 7. The number of carbonyl (C=O) groups excluding carboxylic acids is 1. The molecule has 0 saturated carbocycles. The summed E-state index contributed by atoms with van der Waals surface area (Å²) < 4.78 is 1.11. The summed E-state index contributed by atoms with van der Waals surface area (Å²) in [4.78, 5) is 18.5. The molecule has 1 atom stereocenters. The third kappa shape index (κ3) is 6.23. The van der Waals surface area contributed by atoms with Gasteiger partial charge < -0.3 is 20.9 Å². The summed E-state index contributed by atoms with van der Waals surface area (Å²) in [6.45, 7) is 7.58. The number of nitrogens with one attached hydrogen (secondary N) is 3. The number of hydrogen-bond acceptors (Lipinski definition) is 3. The van der Waals surface area contributed by atoms with E-state index in [1.54, 1.807) is 0 Å². The first kappa shape index (κ1) is 19.6. The Morgan fingerprint density at radius 3 is 2.84 bits per heavy atom. The second-order valence-electron chi connectivity index (χ2n) is 6.07. The van der Waals surface area contributed by atoms with E-state index in [2.05, 4.69) is 60.0 Å². The number of anilines is 1. The van der Waals surface area contributed by atoms with Gasteiger partial charge in [-0.1, -0.05) is 19.1 Å². The Bertz CT molecular complexity index is 593. The third-order valence-corrected chi connectivity index (χ3v) is 4.69. The van der Waals surface area contributed by atoms with Gasteiger partial charge in [0.15, 0.2) is 5.96 Å². The van der Waals surface area contributed by atoms with Gasteiger partial charge in [0.2, 0.25) is 5.91 Å². The van der Waals surface area contributed by atoms with Crippen LogP contribution in [0.2, 0.25) is 0 Å². The molecule has 25 heavy (non-hydrogen) atoms. The molecule has 1 heterocycles. The molecule has 1 aliphatic rings. The van der Waals surface area contributed by atoms with E-state index in [9.17, 15) is 4.79 Å². The molecule has 1 fully saturated rings. The van der Waals surface area contributed by atoms with Crippen molar-refractivity contribution in [3.05, 3.63) is 28.7 Å². The number of carbonyl (C=O) groups is 1. The zero-order chi connectivity index (χ0) is 18.1. The smallest absolute Gasteiger partial charge is 0.241 e. The summed E-state index contributed by atoms with van der Waals surface area (Å²) in [5.41, 5.74) is 1.22. The van der Waals surface area contributed by atoms with E-state index in [0.29, 0.717) is 18.5 Å². The molecule has 0 aromatic heterocycles. The van der Waals surface area contributed by atoms with Crippen molar-refractivity contribution >= 4 is 33.5 Å². The predicted molar refractivity (Wildman–Crippen MR) is 107 cm³/mol. The second-order valence-corrected chi connectivity index (χ2v) is 6.93. The Balaban J connectivity index is 1.90. The Hall–Kier alpha value is -1.76. The molecule has 0 radical (unpaired) electrons. The van der Waals surface area contributed by atoms with Crippen LogP contribution in [0.25, 0.3) is 0 Å². The molecule has 0 bridgehead atoms. The fourth-order valence-corrected chi connectivity index (χ4v) is 3.33. The first-order valence-electron chi connectivity index (χ1n) is 8.95. The Morgan fingerprint density at radius 1 is 1.32 bits per heavy atom. The molecule has 6 nitrogen and oxygen atoms in total. The highest BCUT2D eigenvalue weighted by atomic mass is 79.9. The van der Waals surface area contributed by atoms with E-state index >= 15 is 0 Å². The van der Waals surface area contributed by atoms with Crippen molar-refractivity contribution < 1.29 is 4.79 Å². The molecule has 3 N–H and O–H groups in total. The molecule has 1 saturated heterocycles. The average Bonchev–Trinajstić information content (AvgIpc) is 3.06. The van der Waals surface area contributed by atoms with Crippen molar-refractivity contribution in [1.29, 1.82) is 0 Å². The van der Waals surface area contributed by atoms with Crippen LogP contribution in [0.4, 0.5) is 5.69 Å². The first-order chi connectivity index (χ1) is 12.1. The monoisotopic (exact) mass is 409 g/mol. The molecule has 0 aliphatic carbocycles. The third-order valence-electron chi connectivity index (χ3n) is 4.02. The molecule has 1 aromatic carbocycles. The first-order valence-corrected chi connectivity index (χ1v) is 9.74. The van der Waals surface area contributed by atoms with Crippen molar-refractivity contribution in [3.8, 4) is 0 Å². The summed E-state index contributed by atoms with van der Waals surface area (Å²) in [7, 11) is 0. The maximum atomic E-state index is 11.7. The van der Waals surface area contributed by atoms with Crippen molar-refractivity contribution in [2.24, 2.45) is 4.99 Å². The van der Waals surface area contributed by atoms with Crippen molar-refractivity contribution in [2.45, 2.75) is 32.7 Å². The van der Waals surface area contributed by atoms with Crippen LogP contribution in [0, 0.1) is 0 Å². The predicted octanol–water partition coefficient (Wildman–Crippen LogP) is 2.11. The minimum Gasteiger partial charge on any atom is -0.368 e. The van der Waals surface area contributed by atoms with E-state index < -0.39 is 0 Å². The lowest BCUT2D eigenvalue weighted by molar-refractivity contribution is -0.119. The SMILES string of the molecule is CCCNC(=O)CN=C(NCC)NC1CCN(c2ccccc2Br)C1. The Labute approximate surface area is 158 Å². The van der Waals surface area contributed by atoms with Crippen LogP contribution in [0.15, 0.2) is 33.7 Å². The molecule has 1 unspecified atom stereocenters. The summed E-state index contributed by atoms with van der Waals surface area (Å²) in [5, 5.41) is 9.51. The lowest BCUT2D eigenvalue weighted by Gasteiger charge is -2.21. The largest absolute Gasteiger partial charge is 0.368 e. The molecule has 1 amide bonds. The minimum absolute atomic E-state index is 0.0414. The molecule has 1 aliphatic heterocycles. The second kappa shape index (κ2) is 10.3. The summed E-state index contributed by atoms with van der Waals surface area (Å²) in [5.74, 6) is 0.661. The Morgan fingerprint density at radius 2 is 2.12 bits per heavy atom. The van der Waals surface area contributed by atoms with Gasteiger partial charge in [0.05, 0.1) is 5.69 Å². The fraction of sp³-hybridized carbons (Fsp3) is 0.556. The molecular formula is C18H28BrN5O. The number of halogens is 1. The number of nitrogens with zero attached hydrogens (tertiary/aromatic N) is 2. The molecule has 0 spiro atoms. The summed E-state index contributed by atoms with van der Waals surface area (Å²) >= 11 is 3.62. The number of guanidine groups is 1. The van der Waals surface area contributed by atoms with Crippen LogP contribution in [0.1, 0.15) is 26.7 Å². The number of aliphatic imine (C=N–C) groups is 1. The van der Waals surface area contributed by atoms with Crippen LogP contribution in [-0.4, -0.2) is 50.6 Å². The van der Waals surface area contributed by atoms with Gasteiger partial charge in [-0.25, -0.2) is 4.99 Å². The van der Waals surface area contributed by atoms with E-state index in [0.717, 1.165) is 36.9 Å². The lowest BCUT2D eigenvalue weighted by atomic mass is 10.3. The van der Waals surface area contributed by atoms with E-state index in [-0.39, 0.29) is 12.5 Å². The number of para-hydroxylation sites is 1. The van der Waals surface area contributed by atoms with Gasteiger partial charge in [0.25, 0.3) is 0 Å². The number of amides is 1. The highest BCUT2D eigenvalue weighted by molar-refractivity contribution is 9.10. The molecule has 1 aromatic rings. The van der Waals surface area contributed by atoms with Gasteiger partial charge in [0.1, 0.15) is 6.54 Å². The maximum Gasteiger partial charge on any atom is 0.241 e. The lowest BCUT2D eigenvalue weighted by Crippen LogP contribution is -2.45. The zero-order valence-corrected chi connectivity index (χ0v) is 16.6. The van der Waals surface area contributed by atoms with E-state index in [4.69, 9.17) is 0 Å². The zero-order valence-electron chi connectivity index (χ0n) is 15.0. The number of hydrogen-bond donors (Lipinski definition) is 3. The van der Waals surface area contributed by atoms with Gasteiger partial charge in [-0.05, 0) is 47.8 Å². The molecule has 7 heteroatoms. The maximum absolute atomic E-state index is 11.7. The van der Waals surface area contributed by atoms with Crippen LogP contribution < -0.4 is 20.9 Å². The van der Waals surface area contributed by atoms with Gasteiger partial charge >= 0.3 is 0 Å². The average molecular weight is 410 g/mol. The van der Waals surface area contributed by atoms with Crippen molar-refractivity contribution in [3.63, 3.8) is 0 Å². The van der Waals surface area contributed by atoms with Gasteiger partial charge in [-0.15, -0.1) is 0 Å². The van der Waals surface area contributed by atoms with Gasteiger partial charge in [-0.2, -0.15) is 0 Å². The topological polar surface area (TPSA) is 68.8 Å². The van der Waals surface area contributed by atoms with Crippen LogP contribution in [0.5, 0.6) is 0 Å². The van der Waals surface area contributed by atoms with Crippen LogP contribution >= 0.6 is 15.9 Å². The standard InChI is InChI=1S/C18H28BrN5O/c1-3-10-21-17(25)12-22-18(20-4-2)23-14-9-11-24(13-14)16-8-6-5-7-15(16)19/h5-8,14H,3-4,9-13H2,1-2H3,(H,21,25)(H2,20,22,23). The minimum atomic E-state index is -0.0414. The number of benzene rings is 1. The van der Waals surface area contributed by atoms with Crippen LogP contribution in [0.3, 0.4) is 0 Å². The van der Waals surface area contributed by atoms with E-state index in [1.807, 2.05) is 19.9 Å². The molecular weight excluding hydrogens is 382 g/mol. The Kier molecular flexibility index (Phi) is 8.04. The van der Waals surface area contributed by atoms with E-state index in [1.165, 1.54) is 5.69 Å². The normalized spacial score (nSPS) is 17.5.